The largest absolute Gasteiger partial charge is 0.378 e. The molecule has 4 rings (SSSR count). The molecule has 4 aliphatic rings. The first kappa shape index (κ1) is 16.3. The molecule has 0 aromatic rings. The fourth-order valence-electron chi connectivity index (χ4n) is 5.18. The Bertz CT molecular complexity index is 419. The second kappa shape index (κ2) is 5.98. The Labute approximate surface area is 141 Å². The summed E-state index contributed by atoms with van der Waals surface area (Å²) in [6.07, 6.45) is 7.79. The number of rotatable bonds is 5. The Kier molecular flexibility index (Phi) is 4.24. The van der Waals surface area contributed by atoms with Crippen LogP contribution < -0.4 is 0 Å². The standard InChI is InChI=1S/C19H34N2O2/c1-15(20-10-11-23-19(14-20)8-9-19)6-7-18(2,3)21-16-4-5-17(21)13-22-12-16/h15-17H,4-14H2,1-3H3. The summed E-state index contributed by atoms with van der Waals surface area (Å²) < 4.78 is 11.7. The lowest BCUT2D eigenvalue weighted by Crippen LogP contribution is -2.56. The summed E-state index contributed by atoms with van der Waals surface area (Å²) in [5, 5.41) is 0. The molecule has 0 aromatic heterocycles. The number of hydrogen-bond acceptors (Lipinski definition) is 4. The number of fused-ring (bicyclic) bond motifs is 2. The molecule has 4 heteroatoms. The monoisotopic (exact) mass is 322 g/mol. The van der Waals surface area contributed by atoms with E-state index in [9.17, 15) is 0 Å². The van der Waals surface area contributed by atoms with Crippen LogP contribution in [0.5, 0.6) is 0 Å². The summed E-state index contributed by atoms with van der Waals surface area (Å²) >= 11 is 0. The summed E-state index contributed by atoms with van der Waals surface area (Å²) in [5.41, 5.74) is 0.554. The van der Waals surface area contributed by atoms with Crippen LogP contribution in [0.1, 0.15) is 59.3 Å². The highest BCUT2D eigenvalue weighted by Gasteiger charge is 2.48. The minimum absolute atomic E-state index is 0.255. The van der Waals surface area contributed by atoms with Gasteiger partial charge in [-0.2, -0.15) is 0 Å². The molecule has 0 N–H and O–H groups in total. The van der Waals surface area contributed by atoms with E-state index in [1.807, 2.05) is 0 Å². The lowest BCUT2D eigenvalue weighted by atomic mass is 9.91. The molecule has 1 aliphatic carbocycles. The molecule has 2 bridgehead atoms. The van der Waals surface area contributed by atoms with Crippen molar-refractivity contribution in [2.45, 2.75) is 88.6 Å². The van der Waals surface area contributed by atoms with E-state index in [0.717, 1.165) is 32.9 Å². The number of morpholine rings is 2. The molecular weight excluding hydrogens is 288 g/mol. The first-order valence-corrected chi connectivity index (χ1v) is 9.73. The van der Waals surface area contributed by atoms with Gasteiger partial charge >= 0.3 is 0 Å². The Hall–Kier alpha value is -0.160. The summed E-state index contributed by atoms with van der Waals surface area (Å²) in [7, 11) is 0. The van der Waals surface area contributed by atoms with Crippen molar-refractivity contribution in [1.82, 2.24) is 9.80 Å². The summed E-state index contributed by atoms with van der Waals surface area (Å²) in [6.45, 7) is 12.4. The van der Waals surface area contributed by atoms with Crippen LogP contribution in [0.4, 0.5) is 0 Å². The van der Waals surface area contributed by atoms with E-state index in [-0.39, 0.29) is 5.60 Å². The molecule has 3 atom stereocenters. The molecule has 23 heavy (non-hydrogen) atoms. The predicted octanol–water partition coefficient (Wildman–Crippen LogP) is 2.66. The van der Waals surface area contributed by atoms with Crippen LogP contribution in [0.25, 0.3) is 0 Å². The summed E-state index contributed by atoms with van der Waals surface area (Å²) in [4.78, 5) is 5.48. The lowest BCUT2D eigenvalue weighted by Gasteiger charge is -2.47. The molecule has 3 heterocycles. The third-order valence-corrected chi connectivity index (χ3v) is 6.82. The summed E-state index contributed by atoms with van der Waals surface area (Å²) in [5.74, 6) is 0. The van der Waals surface area contributed by atoms with Gasteiger partial charge in [-0.15, -0.1) is 0 Å². The number of hydrogen-bond donors (Lipinski definition) is 0. The Balaban J connectivity index is 1.32. The average molecular weight is 322 g/mol. The fourth-order valence-corrected chi connectivity index (χ4v) is 5.18. The minimum Gasteiger partial charge on any atom is -0.378 e. The van der Waals surface area contributed by atoms with Crippen LogP contribution in [-0.2, 0) is 9.47 Å². The van der Waals surface area contributed by atoms with E-state index in [1.54, 1.807) is 0 Å². The van der Waals surface area contributed by atoms with Gasteiger partial charge in [0, 0.05) is 36.8 Å². The van der Waals surface area contributed by atoms with E-state index in [2.05, 4.69) is 30.6 Å². The zero-order valence-corrected chi connectivity index (χ0v) is 15.2. The second-order valence-corrected chi connectivity index (χ2v) is 9.03. The molecule has 4 nitrogen and oxygen atoms in total. The van der Waals surface area contributed by atoms with Crippen molar-refractivity contribution < 1.29 is 9.47 Å². The zero-order valence-electron chi connectivity index (χ0n) is 15.2. The van der Waals surface area contributed by atoms with Crippen molar-refractivity contribution in [1.29, 1.82) is 0 Å². The van der Waals surface area contributed by atoms with Gasteiger partial charge in [0.2, 0.25) is 0 Å². The van der Waals surface area contributed by atoms with Crippen molar-refractivity contribution in [2.24, 2.45) is 0 Å². The van der Waals surface area contributed by atoms with Gasteiger partial charge in [-0.25, -0.2) is 0 Å². The average Bonchev–Trinajstić information content (AvgIpc) is 3.22. The summed E-state index contributed by atoms with van der Waals surface area (Å²) in [6, 6.07) is 2.00. The third kappa shape index (κ3) is 3.20. The molecule has 4 fully saturated rings. The zero-order chi connectivity index (χ0) is 16.1. The van der Waals surface area contributed by atoms with E-state index in [0.29, 0.717) is 23.7 Å². The van der Waals surface area contributed by atoms with Crippen LogP contribution in [0.3, 0.4) is 0 Å². The molecule has 0 amide bonds. The van der Waals surface area contributed by atoms with Crippen molar-refractivity contribution in [2.75, 3.05) is 32.9 Å². The van der Waals surface area contributed by atoms with Crippen LogP contribution in [0.15, 0.2) is 0 Å². The normalized spacial score (nSPS) is 35.6. The number of ether oxygens (including phenoxy) is 2. The molecule has 132 valence electrons. The van der Waals surface area contributed by atoms with Crippen molar-refractivity contribution in [3.63, 3.8) is 0 Å². The highest BCUT2D eigenvalue weighted by atomic mass is 16.5. The Morgan fingerprint density at radius 3 is 2.52 bits per heavy atom. The van der Waals surface area contributed by atoms with Crippen LogP contribution in [-0.4, -0.2) is 72.0 Å². The molecule has 3 aliphatic heterocycles. The smallest absolute Gasteiger partial charge is 0.0811 e. The highest BCUT2D eigenvalue weighted by molar-refractivity contribution is 5.02. The molecule has 0 radical (unpaired) electrons. The van der Waals surface area contributed by atoms with Crippen LogP contribution in [0.2, 0.25) is 0 Å². The van der Waals surface area contributed by atoms with E-state index in [1.165, 1.54) is 38.5 Å². The number of nitrogens with zero attached hydrogens (tertiary/aromatic N) is 2. The van der Waals surface area contributed by atoms with E-state index < -0.39 is 0 Å². The van der Waals surface area contributed by atoms with E-state index in [4.69, 9.17) is 9.47 Å². The first-order chi connectivity index (χ1) is 11.0. The molecule has 1 saturated carbocycles. The minimum atomic E-state index is 0.255. The molecule has 0 aromatic carbocycles. The van der Waals surface area contributed by atoms with Gasteiger partial charge in [0.25, 0.3) is 0 Å². The second-order valence-electron chi connectivity index (χ2n) is 9.03. The van der Waals surface area contributed by atoms with Gasteiger partial charge in [0.15, 0.2) is 0 Å². The predicted molar refractivity (Wildman–Crippen MR) is 91.7 cm³/mol. The van der Waals surface area contributed by atoms with Gasteiger partial charge in [0.1, 0.15) is 0 Å². The maximum atomic E-state index is 5.97. The van der Waals surface area contributed by atoms with Crippen LogP contribution in [0, 0.1) is 0 Å². The van der Waals surface area contributed by atoms with Gasteiger partial charge < -0.3 is 9.47 Å². The maximum absolute atomic E-state index is 5.97. The fraction of sp³-hybridized carbons (Fsp3) is 1.00. The first-order valence-electron chi connectivity index (χ1n) is 9.73. The third-order valence-electron chi connectivity index (χ3n) is 6.82. The quantitative estimate of drug-likeness (QED) is 0.777. The SMILES string of the molecule is CC(CCC(C)(C)N1C2CCC1COC2)N1CCOC2(CC2)C1. The van der Waals surface area contributed by atoms with Crippen molar-refractivity contribution in [3.05, 3.63) is 0 Å². The van der Waals surface area contributed by atoms with Gasteiger partial charge in [-0.3, -0.25) is 9.80 Å². The van der Waals surface area contributed by atoms with Gasteiger partial charge in [-0.1, -0.05) is 0 Å². The van der Waals surface area contributed by atoms with Gasteiger partial charge in [-0.05, 0) is 59.3 Å². The Morgan fingerprint density at radius 1 is 1.17 bits per heavy atom. The Morgan fingerprint density at radius 2 is 1.87 bits per heavy atom. The van der Waals surface area contributed by atoms with Gasteiger partial charge in [0.05, 0.1) is 25.4 Å². The molecule has 3 saturated heterocycles. The lowest BCUT2D eigenvalue weighted by molar-refractivity contribution is -0.0732. The van der Waals surface area contributed by atoms with Crippen molar-refractivity contribution in [3.8, 4) is 0 Å². The molecular formula is C19H34N2O2. The van der Waals surface area contributed by atoms with Crippen LogP contribution >= 0.6 is 0 Å². The van der Waals surface area contributed by atoms with Crippen molar-refractivity contribution >= 4 is 0 Å². The maximum Gasteiger partial charge on any atom is 0.0811 e. The topological polar surface area (TPSA) is 24.9 Å². The van der Waals surface area contributed by atoms with E-state index >= 15 is 0 Å². The molecule has 1 spiro atoms. The molecule has 3 unspecified atom stereocenters. The highest BCUT2D eigenvalue weighted by Crippen LogP contribution is 2.43.